The molecule has 2 N–H and O–H groups in total. The number of ether oxygens (including phenoxy) is 1. The third kappa shape index (κ3) is 3.70. The van der Waals surface area contributed by atoms with E-state index in [4.69, 9.17) is 10.5 Å². The largest absolute Gasteiger partial charge is 0.466 e. The minimum Gasteiger partial charge on any atom is -0.466 e. The van der Waals surface area contributed by atoms with Crippen LogP contribution in [0.1, 0.15) is 37.8 Å². The maximum Gasteiger partial charge on any atom is 0.307 e. The fourth-order valence-electron chi connectivity index (χ4n) is 2.42. The fourth-order valence-corrected chi connectivity index (χ4v) is 2.42. The molecule has 0 aliphatic carbocycles. The molecule has 0 aromatic heterocycles. The van der Waals surface area contributed by atoms with Crippen LogP contribution in [0.3, 0.4) is 0 Å². The molecule has 4 heteroatoms. The average molecular weight is 262 g/mol. The summed E-state index contributed by atoms with van der Waals surface area (Å²) < 4.78 is 4.91. The molecule has 1 atom stereocenters. The zero-order valence-corrected chi connectivity index (χ0v) is 11.5. The molecule has 0 amide bonds. The van der Waals surface area contributed by atoms with Crippen molar-refractivity contribution in [3.8, 4) is 0 Å². The number of carbonyl (C=O) groups excluding carboxylic acids is 1. The van der Waals surface area contributed by atoms with Gasteiger partial charge in [0.25, 0.3) is 0 Å². The molecule has 0 unspecified atom stereocenters. The standard InChI is InChI=1S/C15H22N2O2/c1-2-19-15(18)11-14(16)12-5-7-13(8-6-12)17-9-3-4-10-17/h5-8,14H,2-4,9-11,16H2,1H3/t14-/m1/s1. The summed E-state index contributed by atoms with van der Waals surface area (Å²) in [6, 6.07) is 7.92. The van der Waals surface area contributed by atoms with E-state index in [0.717, 1.165) is 18.7 Å². The van der Waals surface area contributed by atoms with Crippen molar-refractivity contribution < 1.29 is 9.53 Å². The quantitative estimate of drug-likeness (QED) is 0.827. The number of nitrogens with two attached hydrogens (primary N) is 1. The highest BCUT2D eigenvalue weighted by molar-refractivity contribution is 5.70. The van der Waals surface area contributed by atoms with E-state index in [1.807, 2.05) is 12.1 Å². The van der Waals surface area contributed by atoms with Crippen molar-refractivity contribution in [3.63, 3.8) is 0 Å². The highest BCUT2D eigenvalue weighted by Gasteiger charge is 2.15. The maximum atomic E-state index is 11.4. The predicted molar refractivity (Wildman–Crippen MR) is 76.1 cm³/mol. The lowest BCUT2D eigenvalue weighted by molar-refractivity contribution is -0.143. The Labute approximate surface area is 114 Å². The van der Waals surface area contributed by atoms with Crippen LogP contribution in [0, 0.1) is 0 Å². The predicted octanol–water partition coefficient (Wildman–Crippen LogP) is 2.24. The number of anilines is 1. The van der Waals surface area contributed by atoms with Crippen LogP contribution in [0.4, 0.5) is 5.69 Å². The molecular weight excluding hydrogens is 240 g/mol. The molecule has 1 fully saturated rings. The Bertz CT molecular complexity index is 411. The minimum atomic E-state index is -0.285. The monoisotopic (exact) mass is 262 g/mol. The molecule has 1 heterocycles. The molecule has 0 radical (unpaired) electrons. The van der Waals surface area contributed by atoms with Gasteiger partial charge in [0, 0.05) is 24.8 Å². The molecule has 1 aromatic carbocycles. The first-order valence-electron chi connectivity index (χ1n) is 6.97. The normalized spacial score (nSPS) is 16.4. The van der Waals surface area contributed by atoms with Crippen LogP contribution < -0.4 is 10.6 Å². The first-order chi connectivity index (χ1) is 9.20. The Morgan fingerprint density at radius 3 is 2.53 bits per heavy atom. The molecule has 1 saturated heterocycles. The third-order valence-electron chi connectivity index (χ3n) is 3.48. The Kier molecular flexibility index (Phi) is 4.80. The number of nitrogens with zero attached hydrogens (tertiary/aromatic N) is 1. The van der Waals surface area contributed by atoms with Crippen LogP contribution in [-0.4, -0.2) is 25.7 Å². The number of carbonyl (C=O) groups is 1. The van der Waals surface area contributed by atoms with Crippen LogP contribution in [0.2, 0.25) is 0 Å². The lowest BCUT2D eigenvalue weighted by Gasteiger charge is -2.18. The van der Waals surface area contributed by atoms with E-state index < -0.39 is 0 Å². The van der Waals surface area contributed by atoms with Crippen molar-refractivity contribution in [3.05, 3.63) is 29.8 Å². The van der Waals surface area contributed by atoms with E-state index in [9.17, 15) is 4.79 Å². The Balaban J connectivity index is 1.95. The zero-order chi connectivity index (χ0) is 13.7. The molecular formula is C15H22N2O2. The summed E-state index contributed by atoms with van der Waals surface area (Å²) in [7, 11) is 0. The number of hydrogen-bond donors (Lipinski definition) is 1. The summed E-state index contributed by atoms with van der Waals surface area (Å²) in [4.78, 5) is 13.8. The molecule has 0 spiro atoms. The van der Waals surface area contributed by atoms with Gasteiger partial charge in [-0.25, -0.2) is 0 Å². The number of hydrogen-bond acceptors (Lipinski definition) is 4. The van der Waals surface area contributed by atoms with Crippen LogP contribution in [0.15, 0.2) is 24.3 Å². The topological polar surface area (TPSA) is 55.6 Å². The molecule has 19 heavy (non-hydrogen) atoms. The van der Waals surface area contributed by atoms with E-state index in [0.29, 0.717) is 6.61 Å². The van der Waals surface area contributed by atoms with Crippen LogP contribution in [-0.2, 0) is 9.53 Å². The Morgan fingerprint density at radius 2 is 1.95 bits per heavy atom. The lowest BCUT2D eigenvalue weighted by atomic mass is 10.0. The molecule has 2 rings (SSSR count). The van der Waals surface area contributed by atoms with Gasteiger partial charge in [-0.2, -0.15) is 0 Å². The summed E-state index contributed by atoms with van der Waals surface area (Å²) in [6.07, 6.45) is 2.77. The first-order valence-corrected chi connectivity index (χ1v) is 6.97. The van der Waals surface area contributed by atoms with Gasteiger partial charge in [-0.1, -0.05) is 12.1 Å². The van der Waals surface area contributed by atoms with Gasteiger partial charge in [-0.15, -0.1) is 0 Å². The summed E-state index contributed by atoms with van der Waals surface area (Å²) >= 11 is 0. The van der Waals surface area contributed by atoms with Gasteiger partial charge in [0.15, 0.2) is 0 Å². The third-order valence-corrected chi connectivity index (χ3v) is 3.48. The van der Waals surface area contributed by atoms with Gasteiger partial charge < -0.3 is 15.4 Å². The van der Waals surface area contributed by atoms with Crippen molar-refractivity contribution in [2.24, 2.45) is 5.73 Å². The molecule has 104 valence electrons. The minimum absolute atomic E-state index is 0.233. The van der Waals surface area contributed by atoms with E-state index in [-0.39, 0.29) is 18.4 Å². The van der Waals surface area contributed by atoms with Crippen molar-refractivity contribution >= 4 is 11.7 Å². The summed E-state index contributed by atoms with van der Waals surface area (Å²) in [5, 5.41) is 0. The van der Waals surface area contributed by atoms with Gasteiger partial charge >= 0.3 is 5.97 Å². The van der Waals surface area contributed by atoms with Crippen LogP contribution in [0.25, 0.3) is 0 Å². The summed E-state index contributed by atoms with van der Waals surface area (Å²) in [5.74, 6) is -0.237. The second-order valence-corrected chi connectivity index (χ2v) is 4.90. The molecule has 4 nitrogen and oxygen atoms in total. The zero-order valence-electron chi connectivity index (χ0n) is 11.5. The van der Waals surface area contributed by atoms with E-state index in [2.05, 4.69) is 17.0 Å². The Hall–Kier alpha value is -1.55. The maximum absolute atomic E-state index is 11.4. The second-order valence-electron chi connectivity index (χ2n) is 4.90. The number of benzene rings is 1. The molecule has 1 aromatic rings. The fraction of sp³-hybridized carbons (Fsp3) is 0.533. The van der Waals surface area contributed by atoms with Crippen molar-refractivity contribution in [2.45, 2.75) is 32.2 Å². The molecule has 0 bridgehead atoms. The van der Waals surface area contributed by atoms with Crippen LogP contribution in [0.5, 0.6) is 0 Å². The van der Waals surface area contributed by atoms with E-state index in [1.54, 1.807) is 6.92 Å². The van der Waals surface area contributed by atoms with Gasteiger partial charge in [-0.3, -0.25) is 4.79 Å². The number of esters is 1. The van der Waals surface area contributed by atoms with Gasteiger partial charge in [0.1, 0.15) is 0 Å². The first kappa shape index (κ1) is 13.9. The molecule has 1 aliphatic heterocycles. The highest BCUT2D eigenvalue weighted by Crippen LogP contribution is 2.23. The average Bonchev–Trinajstić information content (AvgIpc) is 2.93. The summed E-state index contributed by atoms with van der Waals surface area (Å²) in [5.41, 5.74) is 8.24. The van der Waals surface area contributed by atoms with Crippen molar-refractivity contribution in [1.29, 1.82) is 0 Å². The van der Waals surface area contributed by atoms with Gasteiger partial charge in [0.2, 0.25) is 0 Å². The smallest absolute Gasteiger partial charge is 0.307 e. The van der Waals surface area contributed by atoms with Crippen LogP contribution >= 0.6 is 0 Å². The number of rotatable bonds is 5. The second kappa shape index (κ2) is 6.57. The SMILES string of the molecule is CCOC(=O)C[C@@H](N)c1ccc(N2CCCC2)cc1. The van der Waals surface area contributed by atoms with E-state index >= 15 is 0 Å². The van der Waals surface area contributed by atoms with Crippen molar-refractivity contribution in [2.75, 3.05) is 24.6 Å². The Morgan fingerprint density at radius 1 is 1.32 bits per heavy atom. The van der Waals surface area contributed by atoms with Gasteiger partial charge in [0.05, 0.1) is 13.0 Å². The molecule has 0 saturated carbocycles. The van der Waals surface area contributed by atoms with Crippen molar-refractivity contribution in [1.82, 2.24) is 0 Å². The lowest BCUT2D eigenvalue weighted by Crippen LogP contribution is -2.19. The molecule has 1 aliphatic rings. The summed E-state index contributed by atoms with van der Waals surface area (Å²) in [6.45, 7) is 4.47. The highest BCUT2D eigenvalue weighted by atomic mass is 16.5. The van der Waals surface area contributed by atoms with E-state index in [1.165, 1.54) is 18.5 Å². The van der Waals surface area contributed by atoms with Gasteiger partial charge in [-0.05, 0) is 37.5 Å².